The van der Waals surface area contributed by atoms with Crippen molar-refractivity contribution in [1.29, 1.82) is 0 Å². The number of aryl methyl sites for hydroxylation is 1. The zero-order valence-corrected chi connectivity index (χ0v) is 15.9. The quantitative estimate of drug-likeness (QED) is 0.439. The Morgan fingerprint density at radius 2 is 1.86 bits per heavy atom. The molecular weight excluding hydrogens is 371 g/mol. The fourth-order valence-electron chi connectivity index (χ4n) is 3.44. The molecule has 1 heterocycles. The van der Waals surface area contributed by atoms with Gasteiger partial charge in [-0.25, -0.2) is 14.4 Å². The number of rotatable bonds is 8. The number of carboxylic acids is 1. The molecule has 0 atom stereocenters. The van der Waals surface area contributed by atoms with E-state index in [4.69, 9.17) is 15.1 Å². The SMILES string of the molecule is O=C(O)CCCCc1nc2cc(C(=O)C3CC3)ccc2nc1-c1cccc(F)c1. The summed E-state index contributed by atoms with van der Waals surface area (Å²) in [5.41, 5.74) is 3.82. The van der Waals surface area contributed by atoms with Crippen molar-refractivity contribution < 1.29 is 19.1 Å². The van der Waals surface area contributed by atoms with Gasteiger partial charge >= 0.3 is 5.97 Å². The number of aliphatic carboxylic acids is 1. The number of Topliss-reactive ketones (excluding diaryl/α,β-unsaturated/α-hetero) is 1. The predicted molar refractivity (Wildman–Crippen MR) is 107 cm³/mol. The van der Waals surface area contributed by atoms with Crippen LogP contribution in [0.15, 0.2) is 42.5 Å². The first-order valence-electron chi connectivity index (χ1n) is 9.84. The summed E-state index contributed by atoms with van der Waals surface area (Å²) in [6, 6.07) is 11.5. The number of carbonyl (C=O) groups excluding carboxylic acids is 1. The van der Waals surface area contributed by atoms with Crippen LogP contribution in [0.25, 0.3) is 22.3 Å². The van der Waals surface area contributed by atoms with Crippen molar-refractivity contribution >= 4 is 22.8 Å². The average Bonchev–Trinajstić information content (AvgIpc) is 3.55. The Labute approximate surface area is 167 Å². The Morgan fingerprint density at radius 3 is 2.59 bits per heavy atom. The molecule has 4 rings (SSSR count). The molecule has 0 spiro atoms. The molecule has 0 aliphatic heterocycles. The Morgan fingerprint density at radius 1 is 1.03 bits per heavy atom. The molecule has 5 nitrogen and oxygen atoms in total. The van der Waals surface area contributed by atoms with Gasteiger partial charge in [0, 0.05) is 23.5 Å². The van der Waals surface area contributed by atoms with Gasteiger partial charge in [-0.15, -0.1) is 0 Å². The smallest absolute Gasteiger partial charge is 0.303 e. The summed E-state index contributed by atoms with van der Waals surface area (Å²) in [6.45, 7) is 0. The van der Waals surface area contributed by atoms with Crippen molar-refractivity contribution in [2.45, 2.75) is 38.5 Å². The maximum atomic E-state index is 13.8. The number of halogens is 1. The minimum absolute atomic E-state index is 0.0936. The van der Waals surface area contributed by atoms with E-state index in [0.29, 0.717) is 52.8 Å². The molecule has 0 amide bonds. The van der Waals surface area contributed by atoms with Gasteiger partial charge in [0.15, 0.2) is 5.78 Å². The van der Waals surface area contributed by atoms with Crippen LogP contribution in [0.4, 0.5) is 4.39 Å². The highest BCUT2D eigenvalue weighted by Crippen LogP contribution is 2.33. The number of fused-ring (bicyclic) bond motifs is 1. The van der Waals surface area contributed by atoms with E-state index in [1.54, 1.807) is 30.3 Å². The van der Waals surface area contributed by atoms with Gasteiger partial charge < -0.3 is 5.11 Å². The van der Waals surface area contributed by atoms with Crippen LogP contribution in [0.2, 0.25) is 0 Å². The number of carboxylic acid groups (broad SMARTS) is 1. The second-order valence-corrected chi connectivity index (χ2v) is 7.47. The van der Waals surface area contributed by atoms with E-state index in [9.17, 15) is 14.0 Å². The second kappa shape index (κ2) is 8.07. The van der Waals surface area contributed by atoms with Gasteiger partial charge in [0.25, 0.3) is 0 Å². The zero-order valence-electron chi connectivity index (χ0n) is 15.9. The van der Waals surface area contributed by atoms with Crippen molar-refractivity contribution in [3.63, 3.8) is 0 Å². The molecule has 148 valence electrons. The Balaban J connectivity index is 1.72. The molecule has 1 aromatic heterocycles. The van der Waals surface area contributed by atoms with Crippen LogP contribution in [-0.4, -0.2) is 26.8 Å². The summed E-state index contributed by atoms with van der Waals surface area (Å²) in [7, 11) is 0. The van der Waals surface area contributed by atoms with Gasteiger partial charge in [0.1, 0.15) is 5.82 Å². The number of hydrogen-bond donors (Lipinski definition) is 1. The molecule has 1 N–H and O–H groups in total. The lowest BCUT2D eigenvalue weighted by molar-refractivity contribution is -0.137. The first kappa shape index (κ1) is 19.2. The maximum absolute atomic E-state index is 13.8. The molecule has 1 saturated carbocycles. The first-order chi connectivity index (χ1) is 14.0. The summed E-state index contributed by atoms with van der Waals surface area (Å²) < 4.78 is 13.8. The van der Waals surface area contributed by atoms with Gasteiger partial charge in [-0.05, 0) is 62.4 Å². The summed E-state index contributed by atoms with van der Waals surface area (Å²) in [6.07, 6.45) is 3.67. The molecule has 2 aromatic carbocycles. The third-order valence-corrected chi connectivity index (χ3v) is 5.12. The standard InChI is InChI=1S/C23H21FN2O3/c24-17-5-3-4-15(12-17)22-19(6-1-2-7-21(27)28)25-20-13-16(10-11-18(20)26-22)23(29)14-8-9-14/h3-5,10-14H,1-2,6-9H2,(H,27,28). The molecule has 29 heavy (non-hydrogen) atoms. The van der Waals surface area contributed by atoms with Crippen molar-refractivity contribution in [3.05, 3.63) is 59.5 Å². The van der Waals surface area contributed by atoms with Crippen molar-refractivity contribution in [2.24, 2.45) is 5.92 Å². The summed E-state index contributed by atoms with van der Waals surface area (Å²) in [5.74, 6) is -0.914. The minimum Gasteiger partial charge on any atom is -0.481 e. The third kappa shape index (κ3) is 4.47. The number of hydrogen-bond acceptors (Lipinski definition) is 4. The fraction of sp³-hybridized carbons (Fsp3) is 0.304. The van der Waals surface area contributed by atoms with Crippen LogP contribution in [0, 0.1) is 11.7 Å². The lowest BCUT2D eigenvalue weighted by atomic mass is 10.0. The van der Waals surface area contributed by atoms with E-state index in [2.05, 4.69) is 0 Å². The Hall–Kier alpha value is -3.15. The number of carbonyl (C=O) groups is 2. The number of benzene rings is 2. The number of ketones is 1. The van der Waals surface area contributed by atoms with E-state index >= 15 is 0 Å². The van der Waals surface area contributed by atoms with Crippen molar-refractivity contribution in [2.75, 3.05) is 0 Å². The number of aromatic nitrogens is 2. The van der Waals surface area contributed by atoms with Gasteiger partial charge in [0.05, 0.1) is 22.4 Å². The van der Waals surface area contributed by atoms with Crippen molar-refractivity contribution in [1.82, 2.24) is 9.97 Å². The van der Waals surface area contributed by atoms with Gasteiger partial charge in [-0.1, -0.05) is 12.1 Å². The highest BCUT2D eigenvalue weighted by atomic mass is 19.1. The lowest BCUT2D eigenvalue weighted by Crippen LogP contribution is -2.04. The van der Waals surface area contributed by atoms with Crippen LogP contribution in [0.3, 0.4) is 0 Å². The summed E-state index contributed by atoms with van der Waals surface area (Å²) >= 11 is 0. The largest absolute Gasteiger partial charge is 0.481 e. The van der Waals surface area contributed by atoms with E-state index in [-0.39, 0.29) is 23.9 Å². The van der Waals surface area contributed by atoms with Crippen LogP contribution < -0.4 is 0 Å². The van der Waals surface area contributed by atoms with E-state index < -0.39 is 5.97 Å². The van der Waals surface area contributed by atoms with Crippen molar-refractivity contribution in [3.8, 4) is 11.3 Å². The summed E-state index contributed by atoms with van der Waals surface area (Å²) in [4.78, 5) is 32.6. The molecule has 3 aromatic rings. The molecule has 6 heteroatoms. The first-order valence-corrected chi connectivity index (χ1v) is 9.84. The maximum Gasteiger partial charge on any atom is 0.303 e. The Kier molecular flexibility index (Phi) is 5.34. The van der Waals surface area contributed by atoms with Crippen LogP contribution in [0.1, 0.15) is 48.2 Å². The molecule has 1 aliphatic carbocycles. The molecule has 1 aliphatic rings. The number of nitrogens with zero attached hydrogens (tertiary/aromatic N) is 2. The van der Waals surface area contributed by atoms with Gasteiger partial charge in [0.2, 0.25) is 0 Å². The zero-order chi connectivity index (χ0) is 20.4. The normalized spacial score (nSPS) is 13.6. The van der Waals surface area contributed by atoms with Gasteiger partial charge in [-0.2, -0.15) is 0 Å². The minimum atomic E-state index is -0.830. The molecule has 1 fully saturated rings. The molecule has 0 radical (unpaired) electrons. The highest BCUT2D eigenvalue weighted by molar-refractivity contribution is 6.01. The van der Waals surface area contributed by atoms with Gasteiger partial charge in [-0.3, -0.25) is 9.59 Å². The molecular formula is C23H21FN2O3. The summed E-state index contributed by atoms with van der Waals surface area (Å²) in [5, 5.41) is 8.85. The van der Waals surface area contributed by atoms with E-state index in [1.807, 2.05) is 0 Å². The lowest BCUT2D eigenvalue weighted by Gasteiger charge is -2.11. The molecule has 0 bridgehead atoms. The molecule has 0 unspecified atom stereocenters. The van der Waals surface area contributed by atoms with E-state index in [1.165, 1.54) is 12.1 Å². The monoisotopic (exact) mass is 392 g/mol. The number of unbranched alkanes of at least 4 members (excludes halogenated alkanes) is 1. The topological polar surface area (TPSA) is 80.1 Å². The fourth-order valence-corrected chi connectivity index (χ4v) is 3.44. The Bertz CT molecular complexity index is 1090. The molecule has 0 saturated heterocycles. The predicted octanol–water partition coefficient (Wildman–Crippen LogP) is 4.83. The van der Waals surface area contributed by atoms with Crippen LogP contribution in [0.5, 0.6) is 0 Å². The highest BCUT2D eigenvalue weighted by Gasteiger charge is 2.30. The van der Waals surface area contributed by atoms with Crippen LogP contribution >= 0.6 is 0 Å². The van der Waals surface area contributed by atoms with E-state index in [0.717, 1.165) is 12.8 Å². The third-order valence-electron chi connectivity index (χ3n) is 5.12. The average molecular weight is 392 g/mol. The van der Waals surface area contributed by atoms with Crippen LogP contribution in [-0.2, 0) is 11.2 Å². The second-order valence-electron chi connectivity index (χ2n) is 7.47.